The number of nitrogens with zero attached hydrogens (tertiary/aromatic N) is 1. The molecule has 98 valence electrons. The Kier molecular flexibility index (Phi) is 4.00. The molecule has 0 amide bonds. The van der Waals surface area contributed by atoms with Crippen molar-refractivity contribution in [1.82, 2.24) is 10.3 Å². The number of benzene rings is 1. The van der Waals surface area contributed by atoms with Gasteiger partial charge in [0.1, 0.15) is 6.07 Å². The Labute approximate surface area is 116 Å². The average Bonchev–Trinajstić information content (AvgIpc) is 2.83. The molecule has 1 aromatic carbocycles. The van der Waals surface area contributed by atoms with Gasteiger partial charge in [-0.05, 0) is 36.8 Å². The lowest BCUT2D eigenvalue weighted by Crippen LogP contribution is -2.32. The van der Waals surface area contributed by atoms with Gasteiger partial charge in [0.15, 0.2) is 5.11 Å². The van der Waals surface area contributed by atoms with Crippen molar-refractivity contribution in [3.8, 4) is 6.07 Å². The Morgan fingerprint density at radius 1 is 1.53 bits per heavy atom. The number of thiocarbonyl (C=S) groups is 1. The molecule has 0 saturated carbocycles. The number of anilines is 1. The summed E-state index contributed by atoms with van der Waals surface area (Å²) in [6.07, 6.45) is 1.71. The molecule has 5 N–H and O–H groups in total. The minimum atomic E-state index is 0.530. The van der Waals surface area contributed by atoms with E-state index in [4.69, 9.17) is 23.2 Å². The van der Waals surface area contributed by atoms with Crippen LogP contribution in [0.3, 0.4) is 0 Å². The molecule has 2 rings (SSSR count). The SMILES string of the molecule is Cc1c(NC(=S)NCCN)ccc2c(C#N)c[nH]c12. The summed E-state index contributed by atoms with van der Waals surface area (Å²) in [7, 11) is 0. The largest absolute Gasteiger partial charge is 0.361 e. The van der Waals surface area contributed by atoms with Crippen molar-refractivity contribution in [3.63, 3.8) is 0 Å². The highest BCUT2D eigenvalue weighted by Gasteiger charge is 2.09. The minimum absolute atomic E-state index is 0.530. The van der Waals surface area contributed by atoms with Crippen LogP contribution in [-0.2, 0) is 0 Å². The maximum absolute atomic E-state index is 9.00. The number of nitrogens with one attached hydrogen (secondary N) is 3. The number of rotatable bonds is 3. The van der Waals surface area contributed by atoms with Crippen LogP contribution in [0.25, 0.3) is 10.9 Å². The second-order valence-corrected chi connectivity index (χ2v) is 4.55. The normalized spacial score (nSPS) is 10.2. The lowest BCUT2D eigenvalue weighted by atomic mass is 10.1. The van der Waals surface area contributed by atoms with Gasteiger partial charge in [-0.3, -0.25) is 0 Å². The first-order chi connectivity index (χ1) is 9.17. The second kappa shape index (κ2) is 5.69. The van der Waals surface area contributed by atoms with Gasteiger partial charge in [-0.15, -0.1) is 0 Å². The molecule has 0 bridgehead atoms. The van der Waals surface area contributed by atoms with Crippen molar-refractivity contribution in [3.05, 3.63) is 29.5 Å². The van der Waals surface area contributed by atoms with E-state index in [2.05, 4.69) is 21.7 Å². The summed E-state index contributed by atoms with van der Waals surface area (Å²) in [4.78, 5) is 3.12. The molecule has 5 nitrogen and oxygen atoms in total. The number of aromatic nitrogens is 1. The van der Waals surface area contributed by atoms with Gasteiger partial charge >= 0.3 is 0 Å². The standard InChI is InChI=1S/C13H15N5S/c1-8-11(18-13(19)16-5-4-14)3-2-10-9(6-15)7-17-12(8)10/h2-3,7,17H,4-5,14H2,1H3,(H2,16,18,19). The van der Waals surface area contributed by atoms with Crippen LogP contribution in [0.4, 0.5) is 5.69 Å². The zero-order chi connectivity index (χ0) is 13.8. The fourth-order valence-corrected chi connectivity index (χ4v) is 2.14. The Balaban J connectivity index is 2.28. The third kappa shape index (κ3) is 2.67. The highest BCUT2D eigenvalue weighted by Crippen LogP contribution is 2.26. The fourth-order valence-electron chi connectivity index (χ4n) is 1.92. The van der Waals surface area contributed by atoms with Crippen LogP contribution in [0.1, 0.15) is 11.1 Å². The summed E-state index contributed by atoms with van der Waals surface area (Å²) in [5.74, 6) is 0. The van der Waals surface area contributed by atoms with Crippen molar-refractivity contribution < 1.29 is 0 Å². The summed E-state index contributed by atoms with van der Waals surface area (Å²) >= 11 is 5.17. The molecule has 0 aliphatic carbocycles. The molecular weight excluding hydrogens is 258 g/mol. The quantitative estimate of drug-likeness (QED) is 0.638. The lowest BCUT2D eigenvalue weighted by Gasteiger charge is -2.12. The number of aryl methyl sites for hydroxylation is 1. The molecule has 0 fully saturated rings. The summed E-state index contributed by atoms with van der Waals surface area (Å²) in [5, 5.41) is 16.6. The first-order valence-corrected chi connectivity index (χ1v) is 6.34. The van der Waals surface area contributed by atoms with E-state index in [0.717, 1.165) is 22.2 Å². The smallest absolute Gasteiger partial charge is 0.170 e. The minimum Gasteiger partial charge on any atom is -0.361 e. The van der Waals surface area contributed by atoms with E-state index in [0.29, 0.717) is 23.8 Å². The topological polar surface area (TPSA) is 89.7 Å². The van der Waals surface area contributed by atoms with Crippen molar-refractivity contribution in [2.24, 2.45) is 5.73 Å². The van der Waals surface area contributed by atoms with E-state index in [-0.39, 0.29) is 0 Å². The van der Waals surface area contributed by atoms with Gasteiger partial charge in [0.25, 0.3) is 0 Å². The summed E-state index contributed by atoms with van der Waals surface area (Å²) in [6.45, 7) is 3.14. The molecule has 6 heteroatoms. The van der Waals surface area contributed by atoms with Gasteiger partial charge in [-0.25, -0.2) is 0 Å². The molecule has 19 heavy (non-hydrogen) atoms. The van der Waals surface area contributed by atoms with E-state index in [1.165, 1.54) is 0 Å². The van der Waals surface area contributed by atoms with Gasteiger partial charge in [0.2, 0.25) is 0 Å². The molecule has 0 unspecified atom stereocenters. The molecule has 0 aliphatic rings. The van der Waals surface area contributed by atoms with Crippen molar-refractivity contribution in [2.75, 3.05) is 18.4 Å². The molecule has 0 aliphatic heterocycles. The van der Waals surface area contributed by atoms with Gasteiger partial charge in [0, 0.05) is 30.4 Å². The third-order valence-electron chi connectivity index (χ3n) is 2.91. The van der Waals surface area contributed by atoms with Crippen LogP contribution in [0.2, 0.25) is 0 Å². The maximum Gasteiger partial charge on any atom is 0.170 e. The number of hydrogen-bond donors (Lipinski definition) is 4. The summed E-state index contributed by atoms with van der Waals surface area (Å²) in [5.41, 5.74) is 8.94. The fraction of sp³-hybridized carbons (Fsp3) is 0.231. The van der Waals surface area contributed by atoms with Crippen molar-refractivity contribution in [2.45, 2.75) is 6.92 Å². The number of H-pyrrole nitrogens is 1. The van der Waals surface area contributed by atoms with Crippen LogP contribution in [0.5, 0.6) is 0 Å². The second-order valence-electron chi connectivity index (χ2n) is 4.14. The summed E-state index contributed by atoms with van der Waals surface area (Å²) in [6, 6.07) is 5.99. The Bertz CT molecular complexity index is 653. The maximum atomic E-state index is 9.00. The van der Waals surface area contributed by atoms with Gasteiger partial charge < -0.3 is 21.4 Å². The van der Waals surface area contributed by atoms with Crippen LogP contribution in [0.15, 0.2) is 18.3 Å². The van der Waals surface area contributed by atoms with Crippen LogP contribution < -0.4 is 16.4 Å². The van der Waals surface area contributed by atoms with E-state index < -0.39 is 0 Å². The number of nitrogens with two attached hydrogens (primary N) is 1. The molecule has 2 aromatic rings. The average molecular weight is 273 g/mol. The molecule has 0 spiro atoms. The zero-order valence-corrected chi connectivity index (χ0v) is 11.4. The predicted molar refractivity (Wildman–Crippen MR) is 81.0 cm³/mol. The zero-order valence-electron chi connectivity index (χ0n) is 10.6. The molecule has 0 saturated heterocycles. The van der Waals surface area contributed by atoms with Gasteiger partial charge in [-0.2, -0.15) is 5.26 Å². The van der Waals surface area contributed by atoms with Gasteiger partial charge in [-0.1, -0.05) is 0 Å². The monoisotopic (exact) mass is 273 g/mol. The molecule has 1 heterocycles. The number of hydrogen-bond acceptors (Lipinski definition) is 3. The Morgan fingerprint density at radius 3 is 3.00 bits per heavy atom. The predicted octanol–water partition coefficient (Wildman–Crippen LogP) is 1.59. The third-order valence-corrected chi connectivity index (χ3v) is 3.16. The van der Waals surface area contributed by atoms with E-state index >= 15 is 0 Å². The first kappa shape index (κ1) is 13.3. The van der Waals surface area contributed by atoms with Crippen LogP contribution in [0, 0.1) is 18.3 Å². The molecule has 0 radical (unpaired) electrons. The van der Waals surface area contributed by atoms with Crippen LogP contribution >= 0.6 is 12.2 Å². The van der Waals surface area contributed by atoms with Crippen molar-refractivity contribution in [1.29, 1.82) is 5.26 Å². The summed E-state index contributed by atoms with van der Waals surface area (Å²) < 4.78 is 0. The van der Waals surface area contributed by atoms with E-state index in [1.807, 2.05) is 19.1 Å². The molecular formula is C13H15N5S. The first-order valence-electron chi connectivity index (χ1n) is 5.93. The van der Waals surface area contributed by atoms with Gasteiger partial charge in [0.05, 0.1) is 11.1 Å². The highest BCUT2D eigenvalue weighted by molar-refractivity contribution is 7.80. The molecule has 1 aromatic heterocycles. The molecule has 0 atom stereocenters. The number of nitriles is 1. The van der Waals surface area contributed by atoms with Crippen LogP contribution in [-0.4, -0.2) is 23.2 Å². The van der Waals surface area contributed by atoms with E-state index in [9.17, 15) is 0 Å². The van der Waals surface area contributed by atoms with Crippen molar-refractivity contribution >= 4 is 33.9 Å². The highest BCUT2D eigenvalue weighted by atomic mass is 32.1. The van der Waals surface area contributed by atoms with E-state index in [1.54, 1.807) is 6.20 Å². The Morgan fingerprint density at radius 2 is 2.32 bits per heavy atom. The number of fused-ring (bicyclic) bond motifs is 1. The Hall–Kier alpha value is -2.10. The lowest BCUT2D eigenvalue weighted by molar-refractivity contribution is 0.883. The number of aromatic amines is 1.